The van der Waals surface area contributed by atoms with Crippen molar-refractivity contribution in [3.63, 3.8) is 0 Å². The van der Waals surface area contributed by atoms with Gasteiger partial charge < -0.3 is 16.4 Å². The van der Waals surface area contributed by atoms with Crippen molar-refractivity contribution in [3.8, 4) is 11.8 Å². The largest absolute Gasteiger partial charge is 0.335 e. The van der Waals surface area contributed by atoms with Crippen LogP contribution in [-0.4, -0.2) is 18.6 Å². The van der Waals surface area contributed by atoms with E-state index in [1.54, 1.807) is 0 Å². The highest BCUT2D eigenvalue weighted by atomic mass is 16.2. The molecule has 0 atom stereocenters. The van der Waals surface area contributed by atoms with Gasteiger partial charge in [0.25, 0.3) is 0 Å². The number of aryl methyl sites for hydroxylation is 1. The molecule has 0 radical (unpaired) electrons. The highest BCUT2D eigenvalue weighted by molar-refractivity contribution is 5.90. The Kier molecular flexibility index (Phi) is 4.43. The minimum atomic E-state index is -0.131. The summed E-state index contributed by atoms with van der Waals surface area (Å²) in [6.45, 7) is 2.30. The predicted molar refractivity (Wildman–Crippen MR) is 76.9 cm³/mol. The van der Waals surface area contributed by atoms with Crippen molar-refractivity contribution in [3.05, 3.63) is 29.3 Å². The molecule has 1 aliphatic carbocycles. The average Bonchev–Trinajstić information content (AvgIpc) is 2.34. The monoisotopic (exact) mass is 257 g/mol. The number of carbonyl (C=O) groups excluding carboxylic acids is 1. The Morgan fingerprint density at radius 1 is 1.47 bits per heavy atom. The summed E-state index contributed by atoms with van der Waals surface area (Å²) in [7, 11) is 0. The first-order valence-corrected chi connectivity index (χ1v) is 6.56. The minimum absolute atomic E-state index is 0.131. The lowest BCUT2D eigenvalue weighted by molar-refractivity contribution is 0.240. The number of carbonyl (C=O) groups is 1. The van der Waals surface area contributed by atoms with E-state index in [-0.39, 0.29) is 6.03 Å². The number of benzene rings is 1. The summed E-state index contributed by atoms with van der Waals surface area (Å²) in [5.41, 5.74) is 8.05. The second kappa shape index (κ2) is 6.26. The highest BCUT2D eigenvalue weighted by Gasteiger charge is 2.19. The molecule has 0 bridgehead atoms. The summed E-state index contributed by atoms with van der Waals surface area (Å²) in [5, 5.41) is 5.82. The third-order valence-electron chi connectivity index (χ3n) is 3.25. The summed E-state index contributed by atoms with van der Waals surface area (Å²) in [5.74, 6) is 5.78. The Morgan fingerprint density at radius 3 is 2.84 bits per heavy atom. The summed E-state index contributed by atoms with van der Waals surface area (Å²) in [6, 6.07) is 5.91. The Labute approximate surface area is 113 Å². The van der Waals surface area contributed by atoms with E-state index in [1.165, 1.54) is 6.42 Å². The SMILES string of the molecule is Cc1cc(C#CCN)ccc1NC(=O)NC1CCC1. The lowest BCUT2D eigenvalue weighted by Crippen LogP contribution is -2.41. The Balaban J connectivity index is 1.97. The molecule has 2 amide bonds. The first kappa shape index (κ1) is 13.4. The molecular weight excluding hydrogens is 238 g/mol. The summed E-state index contributed by atoms with van der Waals surface area (Å²) < 4.78 is 0. The number of hydrogen-bond donors (Lipinski definition) is 3. The van der Waals surface area contributed by atoms with Gasteiger partial charge in [0.2, 0.25) is 0 Å². The van der Waals surface area contributed by atoms with Gasteiger partial charge >= 0.3 is 6.03 Å². The van der Waals surface area contributed by atoms with Crippen LogP contribution in [0.15, 0.2) is 18.2 Å². The maximum absolute atomic E-state index is 11.8. The van der Waals surface area contributed by atoms with Gasteiger partial charge in [0.1, 0.15) is 0 Å². The number of anilines is 1. The van der Waals surface area contributed by atoms with Gasteiger partial charge in [-0.25, -0.2) is 4.79 Å². The lowest BCUT2D eigenvalue weighted by Gasteiger charge is -2.26. The van der Waals surface area contributed by atoms with Crippen LogP contribution >= 0.6 is 0 Å². The van der Waals surface area contributed by atoms with Crippen LogP contribution in [0.5, 0.6) is 0 Å². The van der Waals surface area contributed by atoms with Gasteiger partial charge in [-0.15, -0.1) is 0 Å². The van der Waals surface area contributed by atoms with Crippen molar-refractivity contribution >= 4 is 11.7 Å². The van der Waals surface area contributed by atoms with Crippen molar-refractivity contribution in [1.82, 2.24) is 5.32 Å². The molecule has 4 heteroatoms. The average molecular weight is 257 g/mol. The van der Waals surface area contributed by atoms with Gasteiger partial charge in [0, 0.05) is 17.3 Å². The zero-order chi connectivity index (χ0) is 13.7. The number of nitrogens with two attached hydrogens (primary N) is 1. The second-order valence-electron chi connectivity index (χ2n) is 4.76. The molecule has 4 N–H and O–H groups in total. The van der Waals surface area contributed by atoms with Crippen LogP contribution in [-0.2, 0) is 0 Å². The summed E-state index contributed by atoms with van der Waals surface area (Å²) >= 11 is 0. The molecule has 0 spiro atoms. The number of urea groups is 1. The van der Waals surface area contributed by atoms with Crippen molar-refractivity contribution in [2.75, 3.05) is 11.9 Å². The molecule has 1 aliphatic rings. The van der Waals surface area contributed by atoms with E-state index < -0.39 is 0 Å². The van der Waals surface area contributed by atoms with E-state index in [4.69, 9.17) is 5.73 Å². The normalized spacial score (nSPS) is 14.0. The molecule has 19 heavy (non-hydrogen) atoms. The molecule has 1 fully saturated rings. The smallest absolute Gasteiger partial charge is 0.319 e. The zero-order valence-corrected chi connectivity index (χ0v) is 11.1. The molecule has 0 heterocycles. The minimum Gasteiger partial charge on any atom is -0.335 e. The molecule has 0 aliphatic heterocycles. The highest BCUT2D eigenvalue weighted by Crippen LogP contribution is 2.19. The van der Waals surface area contributed by atoms with Crippen LogP contribution in [0.1, 0.15) is 30.4 Å². The van der Waals surface area contributed by atoms with Crippen molar-refractivity contribution in [1.29, 1.82) is 0 Å². The van der Waals surface area contributed by atoms with E-state index in [0.29, 0.717) is 12.6 Å². The molecular formula is C15H19N3O. The fraction of sp³-hybridized carbons (Fsp3) is 0.400. The predicted octanol–water partition coefficient (Wildman–Crippen LogP) is 1.98. The van der Waals surface area contributed by atoms with Crippen LogP contribution in [0.3, 0.4) is 0 Å². The second-order valence-corrected chi connectivity index (χ2v) is 4.76. The van der Waals surface area contributed by atoms with Gasteiger partial charge in [-0.05, 0) is 49.9 Å². The van der Waals surface area contributed by atoms with Gasteiger partial charge in [-0.3, -0.25) is 0 Å². The van der Waals surface area contributed by atoms with Gasteiger partial charge in [0.15, 0.2) is 0 Å². The van der Waals surface area contributed by atoms with Crippen molar-refractivity contribution in [2.45, 2.75) is 32.2 Å². The third kappa shape index (κ3) is 3.73. The molecule has 4 nitrogen and oxygen atoms in total. The van der Waals surface area contributed by atoms with Gasteiger partial charge in [-0.1, -0.05) is 11.8 Å². The fourth-order valence-electron chi connectivity index (χ4n) is 1.93. The quantitative estimate of drug-likeness (QED) is 0.709. The van der Waals surface area contributed by atoms with Crippen LogP contribution in [0.4, 0.5) is 10.5 Å². The molecule has 100 valence electrons. The van der Waals surface area contributed by atoms with E-state index in [1.807, 2.05) is 25.1 Å². The van der Waals surface area contributed by atoms with E-state index in [9.17, 15) is 4.79 Å². The van der Waals surface area contributed by atoms with Crippen LogP contribution < -0.4 is 16.4 Å². The number of rotatable bonds is 2. The van der Waals surface area contributed by atoms with E-state index in [2.05, 4.69) is 22.5 Å². The van der Waals surface area contributed by atoms with E-state index >= 15 is 0 Å². The molecule has 0 unspecified atom stereocenters. The van der Waals surface area contributed by atoms with Crippen LogP contribution in [0, 0.1) is 18.8 Å². The molecule has 0 aromatic heterocycles. The topological polar surface area (TPSA) is 67.1 Å². The maximum atomic E-state index is 11.8. The Hall–Kier alpha value is -1.99. The molecule has 0 saturated heterocycles. The number of amides is 2. The molecule has 2 rings (SSSR count). The molecule has 1 aromatic rings. The Morgan fingerprint density at radius 2 is 2.26 bits per heavy atom. The Bertz CT molecular complexity index is 524. The zero-order valence-electron chi connectivity index (χ0n) is 11.1. The third-order valence-corrected chi connectivity index (χ3v) is 3.25. The molecule has 1 saturated carbocycles. The number of nitrogens with one attached hydrogen (secondary N) is 2. The van der Waals surface area contributed by atoms with Gasteiger partial charge in [0.05, 0.1) is 6.54 Å². The van der Waals surface area contributed by atoms with E-state index in [0.717, 1.165) is 29.7 Å². The maximum Gasteiger partial charge on any atom is 0.319 e. The number of hydrogen-bond acceptors (Lipinski definition) is 2. The van der Waals surface area contributed by atoms with Gasteiger partial charge in [-0.2, -0.15) is 0 Å². The molecule has 1 aromatic carbocycles. The van der Waals surface area contributed by atoms with Crippen molar-refractivity contribution < 1.29 is 4.79 Å². The summed E-state index contributed by atoms with van der Waals surface area (Å²) in [4.78, 5) is 11.8. The van der Waals surface area contributed by atoms with Crippen LogP contribution in [0.25, 0.3) is 0 Å². The van der Waals surface area contributed by atoms with Crippen molar-refractivity contribution in [2.24, 2.45) is 5.73 Å². The fourth-order valence-corrected chi connectivity index (χ4v) is 1.93. The first-order valence-electron chi connectivity index (χ1n) is 6.56. The first-order chi connectivity index (χ1) is 9.19. The standard InChI is InChI=1S/C15H19N3O/c1-11-10-12(4-3-9-16)7-8-14(11)18-15(19)17-13-5-2-6-13/h7-8,10,13H,2,5-6,9,16H2,1H3,(H2,17,18,19). The summed E-state index contributed by atoms with van der Waals surface area (Å²) in [6.07, 6.45) is 3.37. The lowest BCUT2D eigenvalue weighted by atomic mass is 9.93. The van der Waals surface area contributed by atoms with Crippen LogP contribution in [0.2, 0.25) is 0 Å².